The van der Waals surface area contributed by atoms with Crippen LogP contribution in [0.25, 0.3) is 15.9 Å². The van der Waals surface area contributed by atoms with Crippen molar-refractivity contribution in [3.8, 4) is 16.5 Å². The van der Waals surface area contributed by atoms with E-state index in [1.54, 1.807) is 36.7 Å². The van der Waals surface area contributed by atoms with E-state index in [2.05, 4.69) is 69.6 Å². The number of nitrogens with one attached hydrogen (secondary N) is 4. The summed E-state index contributed by atoms with van der Waals surface area (Å²) in [5, 5.41) is 23.6. The highest BCUT2D eigenvalue weighted by molar-refractivity contribution is 7.15. The van der Waals surface area contributed by atoms with E-state index in [0.717, 1.165) is 85.3 Å². The lowest BCUT2D eigenvalue weighted by molar-refractivity contribution is -0.125. The fourth-order valence-corrected chi connectivity index (χ4v) is 11.5. The molecule has 76 heavy (non-hydrogen) atoms. The third-order valence-electron chi connectivity index (χ3n) is 14.4. The molecule has 1 atom stereocenters. The Kier molecular flexibility index (Phi) is 17.2. The van der Waals surface area contributed by atoms with Crippen LogP contribution in [0.15, 0.2) is 58.4 Å². The van der Waals surface area contributed by atoms with Gasteiger partial charge in [-0.15, -0.1) is 21.5 Å². The molecule has 20 nitrogen and oxygen atoms in total. The molecular formula is C53H64Cl2N14O6S. The molecule has 3 amide bonds. The summed E-state index contributed by atoms with van der Waals surface area (Å²) in [5.74, 6) is 2.28. The second-order valence-corrected chi connectivity index (χ2v) is 21.4. The minimum Gasteiger partial charge on any atom is -0.494 e. The summed E-state index contributed by atoms with van der Waals surface area (Å²) >= 11 is 14.6. The predicted molar refractivity (Wildman–Crippen MR) is 297 cm³/mol. The number of benzene rings is 2. The number of amides is 3. The first kappa shape index (κ1) is 54.2. The van der Waals surface area contributed by atoms with Crippen molar-refractivity contribution in [2.75, 3.05) is 96.4 Å². The number of piperazine rings is 1. The molecule has 0 radical (unpaired) electrons. The highest BCUT2D eigenvalue weighted by Crippen LogP contribution is 2.40. The first-order valence-corrected chi connectivity index (χ1v) is 27.2. The Bertz CT molecular complexity index is 3200. The monoisotopic (exact) mass is 1090 g/mol. The standard InChI is InChI=1S/C53H64Cl2N14O6S/c1-31-32(2)76-52-45(31)46(34-9-11-37(54)12-10-34)61-40(49-64-63-33(3)69(49)52)28-43(70)57-15-7-17-66-21-23-67(24-22-66)18-8-16-58-50(72)35-13-19-68(20-14-35)53-59-29-39(55)48(62-53)60-38-25-36-26-42(75-30-44(71)56-4)51(73)65(5)47(36)41(27-38)74-6/h9-12,25-27,29,35,40H,7-8,13-24,28,30H2,1-6H3,(H,56,71)(H,57,70)(H,58,72)(H,59,60,62)/t40-/m0/s1. The lowest BCUT2D eigenvalue weighted by atomic mass is 9.96. The van der Waals surface area contributed by atoms with Gasteiger partial charge in [0.1, 0.15) is 27.6 Å². The molecule has 0 unspecified atom stereocenters. The van der Waals surface area contributed by atoms with Crippen LogP contribution in [-0.4, -0.2) is 149 Å². The van der Waals surface area contributed by atoms with Gasteiger partial charge in [-0.1, -0.05) is 35.3 Å². The van der Waals surface area contributed by atoms with Gasteiger partial charge in [-0.05, 0) is 89.4 Å². The van der Waals surface area contributed by atoms with Crippen LogP contribution in [-0.2, 0) is 21.4 Å². The van der Waals surface area contributed by atoms with Crippen molar-refractivity contribution in [3.63, 3.8) is 0 Å². The van der Waals surface area contributed by atoms with Gasteiger partial charge in [0.15, 0.2) is 24.0 Å². The molecule has 4 aromatic heterocycles. The van der Waals surface area contributed by atoms with E-state index in [0.29, 0.717) is 89.0 Å². The first-order valence-electron chi connectivity index (χ1n) is 25.6. The number of hydrogen-bond acceptors (Lipinski definition) is 16. The van der Waals surface area contributed by atoms with Crippen molar-refractivity contribution in [1.82, 2.24) is 55.0 Å². The summed E-state index contributed by atoms with van der Waals surface area (Å²) in [6.45, 7) is 13.9. The molecule has 0 aliphatic carbocycles. The van der Waals surface area contributed by atoms with Crippen LogP contribution in [0.1, 0.15) is 71.4 Å². The highest BCUT2D eigenvalue weighted by atomic mass is 35.5. The van der Waals surface area contributed by atoms with Crippen molar-refractivity contribution in [2.45, 2.75) is 58.9 Å². The maximum atomic E-state index is 13.5. The molecule has 7 heterocycles. The number of methoxy groups -OCH3 is 1. The number of halogens is 2. The molecule has 0 saturated carbocycles. The lowest BCUT2D eigenvalue weighted by Crippen LogP contribution is -2.47. The number of nitrogens with zero attached hydrogens (tertiary/aromatic N) is 10. The van der Waals surface area contributed by atoms with Crippen LogP contribution >= 0.6 is 34.5 Å². The molecule has 2 aromatic carbocycles. The normalized spacial score (nSPS) is 16.1. The molecule has 402 valence electrons. The van der Waals surface area contributed by atoms with Gasteiger partial charge in [0.05, 0.1) is 31.0 Å². The van der Waals surface area contributed by atoms with Gasteiger partial charge in [0, 0.05) is 111 Å². The number of aryl methyl sites for hydroxylation is 3. The van der Waals surface area contributed by atoms with Crippen LogP contribution in [0.5, 0.6) is 11.5 Å². The molecule has 9 rings (SSSR count). The van der Waals surface area contributed by atoms with E-state index in [9.17, 15) is 19.2 Å². The number of likely N-dealkylation sites (N-methyl/N-ethyl adjacent to an activating group) is 1. The second-order valence-electron chi connectivity index (χ2n) is 19.3. The summed E-state index contributed by atoms with van der Waals surface area (Å²) in [7, 11) is 4.62. The minimum absolute atomic E-state index is 0.0206. The van der Waals surface area contributed by atoms with Gasteiger partial charge >= 0.3 is 0 Å². The number of carbonyl (C=O) groups is 3. The average Bonchev–Trinajstić information content (AvgIpc) is 3.93. The maximum Gasteiger partial charge on any atom is 0.293 e. The number of aliphatic imine (C=N–C) groups is 1. The summed E-state index contributed by atoms with van der Waals surface area (Å²) < 4.78 is 14.7. The number of piperidine rings is 1. The number of pyridine rings is 1. The molecular weight excluding hydrogens is 1030 g/mol. The van der Waals surface area contributed by atoms with Crippen molar-refractivity contribution in [3.05, 3.63) is 102 Å². The lowest BCUT2D eigenvalue weighted by Gasteiger charge is -2.34. The van der Waals surface area contributed by atoms with E-state index in [4.69, 9.17) is 42.7 Å². The summed E-state index contributed by atoms with van der Waals surface area (Å²) in [4.78, 5) is 74.3. The minimum atomic E-state index is -0.512. The smallest absolute Gasteiger partial charge is 0.293 e. The Balaban J connectivity index is 0.684. The van der Waals surface area contributed by atoms with E-state index in [-0.39, 0.29) is 42.4 Å². The topological polar surface area (TPSA) is 218 Å². The number of rotatable bonds is 19. The third-order valence-corrected chi connectivity index (χ3v) is 16.1. The van der Waals surface area contributed by atoms with E-state index in [1.165, 1.54) is 23.6 Å². The fourth-order valence-electron chi connectivity index (χ4n) is 10.00. The van der Waals surface area contributed by atoms with E-state index < -0.39 is 11.6 Å². The summed E-state index contributed by atoms with van der Waals surface area (Å²) in [6, 6.07) is 12.3. The zero-order chi connectivity index (χ0) is 53.6. The zero-order valence-electron chi connectivity index (χ0n) is 43.7. The quantitative estimate of drug-likeness (QED) is 0.0694. The molecule has 4 N–H and O–H groups in total. The maximum absolute atomic E-state index is 13.5. The Labute approximate surface area is 455 Å². The molecule has 6 aromatic rings. The number of ether oxygens (including phenoxy) is 2. The van der Waals surface area contributed by atoms with E-state index >= 15 is 0 Å². The highest BCUT2D eigenvalue weighted by Gasteiger charge is 2.33. The fraction of sp³-hybridized carbons (Fsp3) is 0.453. The Morgan fingerprint density at radius 3 is 2.25 bits per heavy atom. The molecule has 23 heteroatoms. The Morgan fingerprint density at radius 2 is 1.57 bits per heavy atom. The molecule has 3 aliphatic rings. The largest absolute Gasteiger partial charge is 0.494 e. The Hall–Kier alpha value is -6.65. The SMILES string of the molecule is CNC(=O)COc1cc2cc(Nc3nc(N4CCC(C(=O)NCCCN5CCN(CCCNC(=O)C[C@@H]6N=C(c7ccc(Cl)cc7)c7c(sc(C)c7C)-n7c(C)nnc76)CC5)CC4)ncc3Cl)cc(OC)c2n(C)c1=O. The van der Waals surface area contributed by atoms with Crippen molar-refractivity contribution >= 4 is 86.3 Å². The molecule has 2 fully saturated rings. The van der Waals surface area contributed by atoms with Gasteiger partial charge in [-0.25, -0.2) is 4.98 Å². The van der Waals surface area contributed by atoms with Crippen LogP contribution in [0.3, 0.4) is 0 Å². The molecule has 0 bridgehead atoms. The van der Waals surface area contributed by atoms with E-state index in [1.807, 2.05) is 37.3 Å². The van der Waals surface area contributed by atoms with Gasteiger partial charge < -0.3 is 50.0 Å². The first-order chi connectivity index (χ1) is 36.7. The van der Waals surface area contributed by atoms with Crippen LogP contribution < -0.4 is 41.2 Å². The number of hydrogen-bond donors (Lipinski definition) is 4. The summed E-state index contributed by atoms with van der Waals surface area (Å²) in [5.41, 5.74) is 4.68. The molecule has 0 spiro atoms. The zero-order valence-corrected chi connectivity index (χ0v) is 46.0. The van der Waals surface area contributed by atoms with Gasteiger partial charge in [0.25, 0.3) is 11.5 Å². The van der Waals surface area contributed by atoms with Gasteiger partial charge in [-0.3, -0.25) is 28.7 Å². The number of anilines is 3. The predicted octanol–water partition coefficient (Wildman–Crippen LogP) is 5.91. The van der Waals surface area contributed by atoms with Crippen LogP contribution in [0.2, 0.25) is 10.0 Å². The number of fused-ring (bicyclic) bond motifs is 4. The number of aromatic nitrogens is 6. The average molecular weight is 1100 g/mol. The summed E-state index contributed by atoms with van der Waals surface area (Å²) in [6.07, 6.45) is 4.74. The third kappa shape index (κ3) is 12.1. The molecule has 2 saturated heterocycles. The van der Waals surface area contributed by atoms with Gasteiger partial charge in [-0.2, -0.15) is 4.98 Å². The van der Waals surface area contributed by atoms with Gasteiger partial charge in [0.2, 0.25) is 17.8 Å². The Morgan fingerprint density at radius 1 is 0.868 bits per heavy atom. The van der Waals surface area contributed by atoms with Crippen LogP contribution in [0, 0.1) is 26.7 Å². The van der Waals surface area contributed by atoms with Crippen molar-refractivity contribution < 1.29 is 23.9 Å². The van der Waals surface area contributed by atoms with Crippen molar-refractivity contribution in [1.29, 1.82) is 0 Å². The number of thiophene rings is 1. The van der Waals surface area contributed by atoms with Crippen LogP contribution in [0.4, 0.5) is 17.5 Å². The molecule has 3 aliphatic heterocycles. The second kappa shape index (κ2) is 24.1. The number of carbonyl (C=O) groups excluding carboxylic acids is 3. The van der Waals surface area contributed by atoms with Crippen molar-refractivity contribution in [2.24, 2.45) is 18.0 Å².